The number of halogens is 3. The summed E-state index contributed by atoms with van der Waals surface area (Å²) in [6, 6.07) is 3.07. The highest BCUT2D eigenvalue weighted by Crippen LogP contribution is 2.25. The second-order valence-electron chi connectivity index (χ2n) is 3.92. The quantitative estimate of drug-likeness (QED) is 0.929. The van der Waals surface area contributed by atoms with Crippen molar-refractivity contribution in [2.45, 2.75) is 19.1 Å². The lowest BCUT2D eigenvalue weighted by Crippen LogP contribution is -2.14. The summed E-state index contributed by atoms with van der Waals surface area (Å²) >= 11 is 0. The topological polar surface area (TPSA) is 80.9 Å². The van der Waals surface area contributed by atoms with Crippen molar-refractivity contribution in [3.63, 3.8) is 0 Å². The molecule has 2 heterocycles. The Morgan fingerprint density at radius 3 is 2.70 bits per heavy atom. The summed E-state index contributed by atoms with van der Waals surface area (Å²) in [5.41, 5.74) is -0.0490. The first kappa shape index (κ1) is 14.0. The van der Waals surface area contributed by atoms with Crippen molar-refractivity contribution in [3.05, 3.63) is 30.2 Å². The van der Waals surface area contributed by atoms with Crippen LogP contribution in [0.15, 0.2) is 24.5 Å². The largest absolute Gasteiger partial charge is 0.476 e. The van der Waals surface area contributed by atoms with E-state index in [1.54, 1.807) is 6.07 Å². The predicted molar refractivity (Wildman–Crippen MR) is 60.9 cm³/mol. The van der Waals surface area contributed by atoms with Crippen LogP contribution >= 0.6 is 0 Å². The van der Waals surface area contributed by atoms with Gasteiger partial charge < -0.3 is 5.11 Å². The van der Waals surface area contributed by atoms with Crippen LogP contribution in [0.5, 0.6) is 0 Å². The minimum absolute atomic E-state index is 0.00912. The molecule has 20 heavy (non-hydrogen) atoms. The van der Waals surface area contributed by atoms with Crippen molar-refractivity contribution >= 4 is 5.97 Å². The van der Waals surface area contributed by atoms with Crippen LogP contribution in [0.25, 0.3) is 11.3 Å². The van der Waals surface area contributed by atoms with Gasteiger partial charge in [-0.1, -0.05) is 5.21 Å². The van der Waals surface area contributed by atoms with E-state index in [1.165, 1.54) is 18.5 Å². The summed E-state index contributed by atoms with van der Waals surface area (Å²) < 4.78 is 37.7. The number of aromatic carboxylic acids is 1. The molecule has 0 spiro atoms. The molecule has 0 aromatic carbocycles. The third-order valence-corrected chi connectivity index (χ3v) is 2.48. The maximum atomic E-state index is 12.3. The van der Waals surface area contributed by atoms with Crippen LogP contribution in [0.1, 0.15) is 16.9 Å². The molecule has 0 amide bonds. The van der Waals surface area contributed by atoms with E-state index in [4.69, 9.17) is 5.11 Å². The number of aryl methyl sites for hydroxylation is 1. The molecule has 0 unspecified atom stereocenters. The zero-order valence-electron chi connectivity index (χ0n) is 10.0. The lowest BCUT2D eigenvalue weighted by Gasteiger charge is -2.09. The van der Waals surface area contributed by atoms with E-state index in [1.807, 2.05) is 0 Å². The number of hydrogen-bond donors (Lipinski definition) is 1. The summed E-state index contributed by atoms with van der Waals surface area (Å²) in [4.78, 5) is 14.9. The third-order valence-electron chi connectivity index (χ3n) is 2.48. The minimum Gasteiger partial charge on any atom is -0.476 e. The molecule has 0 atom stereocenters. The fourth-order valence-electron chi connectivity index (χ4n) is 1.63. The Morgan fingerprint density at radius 1 is 1.40 bits per heavy atom. The van der Waals surface area contributed by atoms with Crippen LogP contribution in [0.4, 0.5) is 13.2 Å². The monoisotopic (exact) mass is 286 g/mol. The number of pyridine rings is 1. The predicted octanol–water partition coefficient (Wildman–Crippen LogP) is 1.99. The first-order valence-corrected chi connectivity index (χ1v) is 5.52. The Labute approximate surface area is 110 Å². The SMILES string of the molecule is O=C(O)c1nnn(CCC(F)(F)F)c1-c1cccnc1. The van der Waals surface area contributed by atoms with Gasteiger partial charge in [0.15, 0.2) is 5.69 Å². The average molecular weight is 286 g/mol. The number of rotatable bonds is 4. The molecule has 2 aromatic rings. The zero-order chi connectivity index (χ0) is 14.8. The van der Waals surface area contributed by atoms with Crippen LogP contribution < -0.4 is 0 Å². The number of hydrogen-bond acceptors (Lipinski definition) is 4. The van der Waals surface area contributed by atoms with Crippen LogP contribution in [0.3, 0.4) is 0 Å². The van der Waals surface area contributed by atoms with E-state index < -0.39 is 30.8 Å². The van der Waals surface area contributed by atoms with E-state index in [2.05, 4.69) is 15.3 Å². The van der Waals surface area contributed by atoms with Crippen molar-refractivity contribution < 1.29 is 23.1 Å². The lowest BCUT2D eigenvalue weighted by molar-refractivity contribution is -0.137. The Kier molecular flexibility index (Phi) is 3.68. The molecule has 0 aliphatic rings. The molecule has 2 rings (SSSR count). The summed E-state index contributed by atoms with van der Waals surface area (Å²) in [7, 11) is 0. The molecular formula is C11H9F3N4O2. The zero-order valence-corrected chi connectivity index (χ0v) is 10.0. The fraction of sp³-hybridized carbons (Fsp3) is 0.273. The van der Waals surface area contributed by atoms with E-state index in [0.717, 1.165) is 4.68 Å². The molecule has 106 valence electrons. The molecule has 0 saturated carbocycles. The highest BCUT2D eigenvalue weighted by molar-refractivity contribution is 5.92. The number of alkyl halides is 3. The van der Waals surface area contributed by atoms with Crippen molar-refractivity contribution in [3.8, 4) is 11.3 Å². The van der Waals surface area contributed by atoms with Gasteiger partial charge in [-0.15, -0.1) is 5.10 Å². The third kappa shape index (κ3) is 3.11. The minimum atomic E-state index is -4.36. The Hall–Kier alpha value is -2.45. The van der Waals surface area contributed by atoms with Crippen molar-refractivity contribution in [1.82, 2.24) is 20.0 Å². The fourth-order valence-corrected chi connectivity index (χ4v) is 1.63. The van der Waals surface area contributed by atoms with Gasteiger partial charge in [-0.05, 0) is 12.1 Å². The first-order chi connectivity index (χ1) is 9.38. The van der Waals surface area contributed by atoms with Gasteiger partial charge in [0, 0.05) is 18.0 Å². The smallest absolute Gasteiger partial charge is 0.390 e. The van der Waals surface area contributed by atoms with Crippen LogP contribution in [0, 0.1) is 0 Å². The van der Waals surface area contributed by atoms with Crippen molar-refractivity contribution in [2.75, 3.05) is 0 Å². The Balaban J connectivity index is 2.41. The molecule has 1 N–H and O–H groups in total. The normalized spacial score (nSPS) is 11.6. The van der Waals surface area contributed by atoms with Gasteiger partial charge >= 0.3 is 12.1 Å². The summed E-state index contributed by atoms with van der Waals surface area (Å²) in [5, 5.41) is 15.9. The molecule has 0 fully saturated rings. The van der Waals surface area contributed by atoms with Crippen LogP contribution in [0.2, 0.25) is 0 Å². The number of nitrogens with zero attached hydrogens (tertiary/aromatic N) is 4. The molecular weight excluding hydrogens is 277 g/mol. The molecule has 0 radical (unpaired) electrons. The summed E-state index contributed by atoms with van der Waals surface area (Å²) in [6.07, 6.45) is -2.67. The second-order valence-corrected chi connectivity index (χ2v) is 3.92. The van der Waals surface area contributed by atoms with Crippen molar-refractivity contribution in [1.29, 1.82) is 0 Å². The number of carbonyl (C=O) groups is 1. The highest BCUT2D eigenvalue weighted by Gasteiger charge is 2.29. The van der Waals surface area contributed by atoms with E-state index in [0.29, 0.717) is 5.56 Å². The van der Waals surface area contributed by atoms with Gasteiger partial charge in [0.2, 0.25) is 0 Å². The molecule has 6 nitrogen and oxygen atoms in total. The number of aromatic nitrogens is 4. The molecule has 0 saturated heterocycles. The lowest BCUT2D eigenvalue weighted by atomic mass is 10.1. The van der Waals surface area contributed by atoms with Gasteiger partial charge in [0.1, 0.15) is 5.69 Å². The highest BCUT2D eigenvalue weighted by atomic mass is 19.4. The summed E-state index contributed by atoms with van der Waals surface area (Å²) in [5.74, 6) is -1.36. The maximum Gasteiger partial charge on any atom is 0.390 e. The summed E-state index contributed by atoms with van der Waals surface area (Å²) in [6.45, 7) is -0.506. The molecule has 0 bridgehead atoms. The second kappa shape index (κ2) is 5.27. The van der Waals surface area contributed by atoms with Gasteiger partial charge in [-0.3, -0.25) is 4.98 Å². The van der Waals surface area contributed by atoms with E-state index in [9.17, 15) is 18.0 Å². The average Bonchev–Trinajstić information content (AvgIpc) is 2.80. The van der Waals surface area contributed by atoms with E-state index >= 15 is 0 Å². The number of carboxylic acids is 1. The van der Waals surface area contributed by atoms with Crippen LogP contribution in [-0.4, -0.2) is 37.2 Å². The van der Waals surface area contributed by atoms with Crippen LogP contribution in [-0.2, 0) is 6.54 Å². The standard InChI is InChI=1S/C11H9F3N4O2/c12-11(13,14)3-5-18-9(7-2-1-4-15-6-7)8(10(19)20)16-17-18/h1-2,4,6H,3,5H2,(H,19,20). The molecule has 9 heteroatoms. The Morgan fingerprint density at radius 2 is 2.15 bits per heavy atom. The molecule has 0 aliphatic heterocycles. The first-order valence-electron chi connectivity index (χ1n) is 5.52. The number of carboxylic acid groups (broad SMARTS) is 1. The van der Waals surface area contributed by atoms with Gasteiger partial charge in [-0.25, -0.2) is 9.48 Å². The van der Waals surface area contributed by atoms with E-state index in [-0.39, 0.29) is 5.69 Å². The molecule has 0 aliphatic carbocycles. The molecule has 2 aromatic heterocycles. The Bertz CT molecular complexity index is 610. The van der Waals surface area contributed by atoms with Crippen molar-refractivity contribution in [2.24, 2.45) is 0 Å². The van der Waals surface area contributed by atoms with Gasteiger partial charge in [0.25, 0.3) is 0 Å². The van der Waals surface area contributed by atoms with Gasteiger partial charge in [0.05, 0.1) is 13.0 Å². The van der Waals surface area contributed by atoms with Gasteiger partial charge in [-0.2, -0.15) is 13.2 Å². The maximum absolute atomic E-state index is 12.3.